The molecule has 7 heteroatoms. The molecule has 0 amide bonds. The number of hydrogen-bond acceptors (Lipinski definition) is 6. The van der Waals surface area contributed by atoms with Gasteiger partial charge in [-0.3, -0.25) is 14.7 Å². The first kappa shape index (κ1) is 15.4. The van der Waals surface area contributed by atoms with Gasteiger partial charge in [-0.25, -0.2) is 9.97 Å². The molecule has 0 saturated carbocycles. The fourth-order valence-electron chi connectivity index (χ4n) is 2.67. The molecule has 0 atom stereocenters. The second kappa shape index (κ2) is 6.70. The topological polar surface area (TPSA) is 82.5 Å². The van der Waals surface area contributed by atoms with Crippen molar-refractivity contribution < 1.29 is 9.90 Å². The van der Waals surface area contributed by atoms with Gasteiger partial charge >= 0.3 is 5.97 Å². The van der Waals surface area contributed by atoms with Crippen LogP contribution in [0.1, 0.15) is 5.69 Å². The van der Waals surface area contributed by atoms with Gasteiger partial charge in [0, 0.05) is 55.9 Å². The van der Waals surface area contributed by atoms with Crippen LogP contribution in [-0.4, -0.2) is 63.7 Å². The number of carboxylic acids is 1. The van der Waals surface area contributed by atoms with E-state index in [-0.39, 0.29) is 6.54 Å². The summed E-state index contributed by atoms with van der Waals surface area (Å²) in [7, 11) is 0. The summed E-state index contributed by atoms with van der Waals surface area (Å²) in [6, 6.07) is 5.75. The molecule has 7 nitrogen and oxygen atoms in total. The van der Waals surface area contributed by atoms with E-state index in [4.69, 9.17) is 5.11 Å². The van der Waals surface area contributed by atoms with Gasteiger partial charge in [-0.2, -0.15) is 0 Å². The molecule has 2 aromatic rings. The maximum absolute atomic E-state index is 10.8. The Kier molecular flexibility index (Phi) is 4.47. The van der Waals surface area contributed by atoms with Crippen LogP contribution in [-0.2, 0) is 4.79 Å². The molecule has 0 bridgehead atoms. The van der Waals surface area contributed by atoms with E-state index >= 15 is 0 Å². The highest BCUT2D eigenvalue weighted by Crippen LogP contribution is 2.20. The van der Waals surface area contributed by atoms with Crippen LogP contribution in [0.2, 0.25) is 0 Å². The molecule has 3 heterocycles. The zero-order valence-corrected chi connectivity index (χ0v) is 13.0. The molecule has 0 aromatic carbocycles. The standard InChI is InChI=1S/C16H19N5O2/c1-12-10-14(19-16(18-12)13-2-4-17-5-3-13)21-8-6-20(7-9-21)11-15(22)23/h2-5,10H,6-9,11H2,1H3,(H,22,23). The molecule has 0 spiro atoms. The number of anilines is 1. The van der Waals surface area contributed by atoms with E-state index in [0.29, 0.717) is 5.82 Å². The van der Waals surface area contributed by atoms with Crippen molar-refractivity contribution in [1.82, 2.24) is 19.9 Å². The fraction of sp³-hybridized carbons (Fsp3) is 0.375. The Hall–Kier alpha value is -2.54. The summed E-state index contributed by atoms with van der Waals surface area (Å²) >= 11 is 0. The van der Waals surface area contributed by atoms with Crippen LogP contribution in [0.4, 0.5) is 5.82 Å². The highest BCUT2D eigenvalue weighted by molar-refractivity contribution is 5.69. The quantitative estimate of drug-likeness (QED) is 0.903. The number of carboxylic acid groups (broad SMARTS) is 1. The number of hydrogen-bond donors (Lipinski definition) is 1. The number of nitrogens with zero attached hydrogens (tertiary/aromatic N) is 5. The number of carbonyl (C=O) groups is 1. The van der Waals surface area contributed by atoms with Gasteiger partial charge in [0.05, 0.1) is 6.54 Å². The Morgan fingerprint density at radius 1 is 1.17 bits per heavy atom. The lowest BCUT2D eigenvalue weighted by Crippen LogP contribution is -2.48. The predicted molar refractivity (Wildman–Crippen MR) is 86.3 cm³/mol. The number of pyridine rings is 1. The molecular weight excluding hydrogens is 294 g/mol. The van der Waals surface area contributed by atoms with Gasteiger partial charge in [0.2, 0.25) is 0 Å². The van der Waals surface area contributed by atoms with Crippen molar-refractivity contribution >= 4 is 11.8 Å². The van der Waals surface area contributed by atoms with Gasteiger partial charge in [-0.1, -0.05) is 0 Å². The zero-order chi connectivity index (χ0) is 16.2. The number of aromatic nitrogens is 3. The zero-order valence-electron chi connectivity index (χ0n) is 13.0. The van der Waals surface area contributed by atoms with E-state index in [1.54, 1.807) is 12.4 Å². The van der Waals surface area contributed by atoms with Gasteiger partial charge in [0.1, 0.15) is 5.82 Å². The third-order valence-corrected chi connectivity index (χ3v) is 3.83. The van der Waals surface area contributed by atoms with Crippen molar-refractivity contribution in [1.29, 1.82) is 0 Å². The van der Waals surface area contributed by atoms with Gasteiger partial charge in [-0.05, 0) is 19.1 Å². The van der Waals surface area contributed by atoms with Crippen LogP contribution in [0.3, 0.4) is 0 Å². The van der Waals surface area contributed by atoms with Crippen LogP contribution < -0.4 is 4.90 Å². The molecule has 1 fully saturated rings. The van der Waals surface area contributed by atoms with Gasteiger partial charge < -0.3 is 10.0 Å². The third-order valence-electron chi connectivity index (χ3n) is 3.83. The number of aliphatic carboxylic acids is 1. The van der Waals surface area contributed by atoms with E-state index in [0.717, 1.165) is 43.3 Å². The second-order valence-electron chi connectivity index (χ2n) is 5.58. The molecular formula is C16H19N5O2. The molecule has 2 aromatic heterocycles. The minimum Gasteiger partial charge on any atom is -0.480 e. The number of aryl methyl sites for hydroxylation is 1. The fourth-order valence-corrected chi connectivity index (χ4v) is 2.67. The maximum atomic E-state index is 10.8. The van der Waals surface area contributed by atoms with Gasteiger partial charge in [-0.15, -0.1) is 0 Å². The smallest absolute Gasteiger partial charge is 0.317 e. The predicted octanol–water partition coefficient (Wildman–Crippen LogP) is 1.05. The largest absolute Gasteiger partial charge is 0.480 e. The molecule has 1 saturated heterocycles. The number of rotatable bonds is 4. The van der Waals surface area contributed by atoms with Crippen molar-refractivity contribution in [3.63, 3.8) is 0 Å². The highest BCUT2D eigenvalue weighted by Gasteiger charge is 2.20. The first-order valence-electron chi connectivity index (χ1n) is 7.57. The van der Waals surface area contributed by atoms with E-state index in [1.807, 2.05) is 30.0 Å². The monoisotopic (exact) mass is 313 g/mol. The SMILES string of the molecule is Cc1cc(N2CCN(CC(=O)O)CC2)nc(-c2ccncc2)n1. The van der Waals surface area contributed by atoms with E-state index in [2.05, 4.69) is 19.9 Å². The third kappa shape index (κ3) is 3.81. The Labute approximate surface area is 134 Å². The van der Waals surface area contributed by atoms with Crippen LogP contribution in [0, 0.1) is 6.92 Å². The van der Waals surface area contributed by atoms with Crippen LogP contribution >= 0.6 is 0 Å². The van der Waals surface area contributed by atoms with Crippen molar-refractivity contribution in [2.45, 2.75) is 6.92 Å². The molecule has 1 aliphatic rings. The normalized spacial score (nSPS) is 15.6. The van der Waals surface area contributed by atoms with Crippen LogP contribution in [0.5, 0.6) is 0 Å². The number of piperazine rings is 1. The molecule has 23 heavy (non-hydrogen) atoms. The first-order valence-corrected chi connectivity index (χ1v) is 7.57. The van der Waals surface area contributed by atoms with Gasteiger partial charge in [0.25, 0.3) is 0 Å². The average molecular weight is 313 g/mol. The summed E-state index contributed by atoms with van der Waals surface area (Å²) in [6.45, 7) is 5.02. The first-order chi connectivity index (χ1) is 11.1. The molecule has 1 N–H and O–H groups in total. The molecule has 0 unspecified atom stereocenters. The summed E-state index contributed by atoms with van der Waals surface area (Å²) in [5.41, 5.74) is 1.85. The highest BCUT2D eigenvalue weighted by atomic mass is 16.4. The Balaban J connectivity index is 1.76. The minimum atomic E-state index is -0.781. The van der Waals surface area contributed by atoms with Crippen molar-refractivity contribution in [2.75, 3.05) is 37.6 Å². The average Bonchev–Trinajstić information content (AvgIpc) is 2.55. The van der Waals surface area contributed by atoms with Crippen molar-refractivity contribution in [3.8, 4) is 11.4 Å². The van der Waals surface area contributed by atoms with E-state index in [9.17, 15) is 4.79 Å². The summed E-state index contributed by atoms with van der Waals surface area (Å²) in [5.74, 6) is 0.797. The summed E-state index contributed by atoms with van der Waals surface area (Å²) in [5, 5.41) is 8.87. The van der Waals surface area contributed by atoms with E-state index < -0.39 is 5.97 Å². The van der Waals surface area contributed by atoms with Crippen molar-refractivity contribution in [3.05, 3.63) is 36.3 Å². The van der Waals surface area contributed by atoms with E-state index in [1.165, 1.54) is 0 Å². The Bertz CT molecular complexity index is 684. The lowest BCUT2D eigenvalue weighted by Gasteiger charge is -2.34. The Morgan fingerprint density at radius 3 is 2.52 bits per heavy atom. The van der Waals surface area contributed by atoms with Crippen LogP contribution in [0.15, 0.2) is 30.6 Å². The molecule has 3 rings (SSSR count). The lowest BCUT2D eigenvalue weighted by atomic mass is 10.2. The minimum absolute atomic E-state index is 0.0961. The maximum Gasteiger partial charge on any atom is 0.317 e. The summed E-state index contributed by atoms with van der Waals surface area (Å²) in [6.07, 6.45) is 3.46. The molecule has 0 aliphatic carbocycles. The summed E-state index contributed by atoms with van der Waals surface area (Å²) in [4.78, 5) is 28.1. The molecule has 1 aliphatic heterocycles. The Morgan fingerprint density at radius 2 is 1.87 bits per heavy atom. The molecule has 120 valence electrons. The van der Waals surface area contributed by atoms with Crippen LogP contribution in [0.25, 0.3) is 11.4 Å². The lowest BCUT2D eigenvalue weighted by molar-refractivity contribution is -0.138. The summed E-state index contributed by atoms with van der Waals surface area (Å²) < 4.78 is 0. The van der Waals surface area contributed by atoms with Crippen molar-refractivity contribution in [2.24, 2.45) is 0 Å². The second-order valence-corrected chi connectivity index (χ2v) is 5.58. The molecule has 0 radical (unpaired) electrons. The van der Waals surface area contributed by atoms with Gasteiger partial charge in [0.15, 0.2) is 5.82 Å².